The largest absolute Gasteiger partial charge is 0.362 e. The molecule has 0 heterocycles. The number of nitrogens with zero attached hydrogens (tertiary/aromatic N) is 1. The Balaban J connectivity index is 2.48. The molecule has 0 fully saturated rings. The van der Waals surface area contributed by atoms with Crippen molar-refractivity contribution in [1.82, 2.24) is 10.2 Å². The third-order valence-corrected chi connectivity index (χ3v) is 2.97. The molecular weight excluding hydrogens is 228 g/mol. The van der Waals surface area contributed by atoms with E-state index in [1.807, 2.05) is 7.05 Å². The van der Waals surface area contributed by atoms with E-state index < -0.39 is 0 Å². The minimum atomic E-state index is 0.611. The first-order valence-electron chi connectivity index (χ1n) is 6.03. The molecule has 2 nitrogen and oxygen atoms in total. The molecule has 1 rings (SSSR count). The van der Waals surface area contributed by atoms with Crippen molar-refractivity contribution in [2.75, 3.05) is 13.6 Å². The second-order valence-electron chi connectivity index (χ2n) is 4.93. The van der Waals surface area contributed by atoms with Gasteiger partial charge in [0.25, 0.3) is 0 Å². The molecule has 94 valence electrons. The first-order valence-corrected chi connectivity index (χ1v) is 6.44. The summed E-state index contributed by atoms with van der Waals surface area (Å²) in [6.45, 7) is 8.24. The molecule has 1 aromatic rings. The van der Waals surface area contributed by atoms with Gasteiger partial charge in [-0.15, -0.1) is 0 Å². The Morgan fingerprint density at radius 3 is 2.71 bits per heavy atom. The molecule has 3 heteroatoms. The van der Waals surface area contributed by atoms with E-state index in [0.717, 1.165) is 18.2 Å². The predicted octanol–water partition coefficient (Wildman–Crippen LogP) is 2.96. The van der Waals surface area contributed by atoms with E-state index in [2.05, 4.69) is 55.3 Å². The van der Waals surface area contributed by atoms with Gasteiger partial charge >= 0.3 is 0 Å². The maximum atomic E-state index is 5.34. The summed E-state index contributed by atoms with van der Waals surface area (Å²) in [6.07, 6.45) is 0. The van der Waals surface area contributed by atoms with Crippen molar-refractivity contribution in [2.45, 2.75) is 27.3 Å². The van der Waals surface area contributed by atoms with E-state index in [0.29, 0.717) is 5.92 Å². The van der Waals surface area contributed by atoms with Gasteiger partial charge in [0.2, 0.25) is 0 Å². The van der Waals surface area contributed by atoms with Crippen LogP contribution in [-0.4, -0.2) is 23.6 Å². The lowest BCUT2D eigenvalue weighted by Crippen LogP contribution is -2.38. The van der Waals surface area contributed by atoms with Gasteiger partial charge in [0.1, 0.15) is 0 Å². The standard InChI is InChI=1S/C14H22N2S/c1-11(2)9-15-14(17)16(4)10-13-7-5-6-12(3)8-13/h5-8,11H,9-10H2,1-4H3,(H,15,17). The maximum Gasteiger partial charge on any atom is 0.168 e. The fourth-order valence-electron chi connectivity index (χ4n) is 1.58. The number of hydrogen-bond donors (Lipinski definition) is 1. The first-order chi connectivity index (χ1) is 7.99. The summed E-state index contributed by atoms with van der Waals surface area (Å²) in [5, 5.41) is 4.09. The molecule has 0 amide bonds. The van der Waals surface area contributed by atoms with Crippen LogP contribution in [0.25, 0.3) is 0 Å². The third-order valence-electron chi connectivity index (χ3n) is 2.51. The zero-order valence-corrected chi connectivity index (χ0v) is 12.0. The van der Waals surface area contributed by atoms with Gasteiger partial charge in [-0.3, -0.25) is 0 Å². The van der Waals surface area contributed by atoms with Crippen LogP contribution in [0.1, 0.15) is 25.0 Å². The number of thiocarbonyl (C=S) groups is 1. The Morgan fingerprint density at radius 2 is 2.12 bits per heavy atom. The van der Waals surface area contributed by atoms with Crippen molar-refractivity contribution in [3.05, 3.63) is 35.4 Å². The second kappa shape index (κ2) is 6.60. The van der Waals surface area contributed by atoms with Crippen molar-refractivity contribution in [3.8, 4) is 0 Å². The van der Waals surface area contributed by atoms with Gasteiger partial charge in [-0.2, -0.15) is 0 Å². The molecule has 1 N–H and O–H groups in total. The second-order valence-corrected chi connectivity index (χ2v) is 5.31. The fraction of sp³-hybridized carbons (Fsp3) is 0.500. The molecule has 0 aliphatic rings. The number of aryl methyl sites for hydroxylation is 1. The van der Waals surface area contributed by atoms with Crippen LogP contribution in [0.3, 0.4) is 0 Å². The van der Waals surface area contributed by atoms with E-state index in [4.69, 9.17) is 12.2 Å². The van der Waals surface area contributed by atoms with Gasteiger partial charge < -0.3 is 10.2 Å². The van der Waals surface area contributed by atoms with Crippen LogP contribution < -0.4 is 5.32 Å². The highest BCUT2D eigenvalue weighted by molar-refractivity contribution is 7.80. The fourth-order valence-corrected chi connectivity index (χ4v) is 1.73. The summed E-state index contributed by atoms with van der Waals surface area (Å²) in [4.78, 5) is 2.08. The molecule has 0 radical (unpaired) electrons. The van der Waals surface area contributed by atoms with Gasteiger partial charge in [-0.05, 0) is 30.6 Å². The highest BCUT2D eigenvalue weighted by Crippen LogP contribution is 2.06. The van der Waals surface area contributed by atoms with Crippen LogP contribution in [0.15, 0.2) is 24.3 Å². The Hall–Kier alpha value is -1.09. The van der Waals surface area contributed by atoms with Gasteiger partial charge in [0, 0.05) is 20.1 Å². The number of nitrogens with one attached hydrogen (secondary N) is 1. The van der Waals surface area contributed by atoms with Gasteiger partial charge in [-0.1, -0.05) is 43.7 Å². The Morgan fingerprint density at radius 1 is 1.41 bits per heavy atom. The molecule has 1 aromatic carbocycles. The first kappa shape index (κ1) is 14.0. The molecule has 0 unspecified atom stereocenters. The van der Waals surface area contributed by atoms with Crippen molar-refractivity contribution in [1.29, 1.82) is 0 Å². The normalized spacial score (nSPS) is 10.4. The molecular formula is C14H22N2S. The number of hydrogen-bond acceptors (Lipinski definition) is 1. The molecule has 0 aromatic heterocycles. The molecule has 0 bridgehead atoms. The SMILES string of the molecule is Cc1cccc(CN(C)C(=S)NCC(C)C)c1. The minimum absolute atomic E-state index is 0.611. The molecule has 0 atom stereocenters. The highest BCUT2D eigenvalue weighted by atomic mass is 32.1. The van der Waals surface area contributed by atoms with E-state index in [1.165, 1.54) is 11.1 Å². The molecule has 0 saturated carbocycles. The van der Waals surface area contributed by atoms with E-state index in [1.54, 1.807) is 0 Å². The van der Waals surface area contributed by atoms with E-state index in [-0.39, 0.29) is 0 Å². The Labute approximate surface area is 110 Å². The molecule has 0 aliphatic heterocycles. The van der Waals surface area contributed by atoms with Crippen LogP contribution in [0, 0.1) is 12.8 Å². The summed E-state index contributed by atoms with van der Waals surface area (Å²) in [7, 11) is 2.03. The van der Waals surface area contributed by atoms with Crippen LogP contribution in [0.2, 0.25) is 0 Å². The quantitative estimate of drug-likeness (QED) is 0.827. The lowest BCUT2D eigenvalue weighted by molar-refractivity contribution is 0.479. The van der Waals surface area contributed by atoms with Crippen LogP contribution in [0.4, 0.5) is 0 Å². The number of benzene rings is 1. The minimum Gasteiger partial charge on any atom is -0.362 e. The smallest absolute Gasteiger partial charge is 0.168 e. The number of rotatable bonds is 4. The Kier molecular flexibility index (Phi) is 5.42. The van der Waals surface area contributed by atoms with Gasteiger partial charge in [-0.25, -0.2) is 0 Å². The monoisotopic (exact) mass is 250 g/mol. The average Bonchev–Trinajstić information content (AvgIpc) is 2.25. The zero-order chi connectivity index (χ0) is 12.8. The maximum absolute atomic E-state index is 5.34. The predicted molar refractivity (Wildman–Crippen MR) is 78.1 cm³/mol. The summed E-state index contributed by atoms with van der Waals surface area (Å²) < 4.78 is 0. The molecule has 0 spiro atoms. The van der Waals surface area contributed by atoms with Crippen molar-refractivity contribution < 1.29 is 0 Å². The van der Waals surface area contributed by atoms with E-state index >= 15 is 0 Å². The summed E-state index contributed by atoms with van der Waals surface area (Å²) in [5.74, 6) is 0.611. The van der Waals surface area contributed by atoms with E-state index in [9.17, 15) is 0 Å². The molecule has 0 saturated heterocycles. The van der Waals surface area contributed by atoms with Gasteiger partial charge in [0.15, 0.2) is 5.11 Å². The molecule has 17 heavy (non-hydrogen) atoms. The average molecular weight is 250 g/mol. The summed E-state index contributed by atoms with van der Waals surface area (Å²) >= 11 is 5.34. The topological polar surface area (TPSA) is 15.3 Å². The van der Waals surface area contributed by atoms with Crippen molar-refractivity contribution >= 4 is 17.3 Å². The zero-order valence-electron chi connectivity index (χ0n) is 11.2. The van der Waals surface area contributed by atoms with Crippen LogP contribution in [0.5, 0.6) is 0 Å². The lowest BCUT2D eigenvalue weighted by Gasteiger charge is -2.22. The highest BCUT2D eigenvalue weighted by Gasteiger charge is 2.05. The van der Waals surface area contributed by atoms with Crippen LogP contribution >= 0.6 is 12.2 Å². The van der Waals surface area contributed by atoms with Crippen molar-refractivity contribution in [2.24, 2.45) is 5.92 Å². The third kappa shape index (κ3) is 5.18. The van der Waals surface area contributed by atoms with Crippen LogP contribution in [-0.2, 0) is 6.54 Å². The summed E-state index contributed by atoms with van der Waals surface area (Å²) in [6, 6.07) is 8.53. The Bertz CT molecular complexity index is 374. The van der Waals surface area contributed by atoms with Crippen molar-refractivity contribution in [3.63, 3.8) is 0 Å². The lowest BCUT2D eigenvalue weighted by atomic mass is 10.1. The summed E-state index contributed by atoms with van der Waals surface area (Å²) in [5.41, 5.74) is 2.58. The molecule has 0 aliphatic carbocycles. The van der Waals surface area contributed by atoms with Gasteiger partial charge in [0.05, 0.1) is 0 Å².